The highest BCUT2D eigenvalue weighted by atomic mass is 32.1. The second-order valence-electron chi connectivity index (χ2n) is 5.67. The Kier molecular flexibility index (Phi) is 5.93. The van der Waals surface area contributed by atoms with E-state index < -0.39 is 17.5 Å². The van der Waals surface area contributed by atoms with Crippen LogP contribution in [0.15, 0.2) is 53.9 Å². The molecule has 0 saturated heterocycles. The molecule has 1 heterocycles. The van der Waals surface area contributed by atoms with Crippen molar-refractivity contribution in [3.8, 4) is 5.75 Å². The van der Waals surface area contributed by atoms with Crippen LogP contribution in [-0.2, 0) is 11.4 Å². The lowest BCUT2D eigenvalue weighted by Gasteiger charge is -2.05. The third-order valence-electron chi connectivity index (χ3n) is 3.52. The van der Waals surface area contributed by atoms with Crippen LogP contribution in [0.3, 0.4) is 0 Å². The standard InChI is InChI=1S/C20H16F2N2O2S/c1-13-23-16(12-27-13)11-26-17-4-2-3-14(9-17)5-8-20(25)24-19-10-15(21)6-7-18(19)22/h2-10,12H,11H2,1H3,(H,24,25)/b8-5+. The van der Waals surface area contributed by atoms with Gasteiger partial charge in [0.2, 0.25) is 5.91 Å². The maximum atomic E-state index is 13.5. The number of nitrogens with one attached hydrogen (secondary N) is 1. The van der Waals surface area contributed by atoms with E-state index in [4.69, 9.17) is 4.74 Å². The molecule has 0 saturated carbocycles. The highest BCUT2D eigenvalue weighted by molar-refractivity contribution is 7.09. The molecule has 0 fully saturated rings. The Hall–Kier alpha value is -3.06. The van der Waals surface area contributed by atoms with Gasteiger partial charge in [0.1, 0.15) is 24.0 Å². The number of thiazole rings is 1. The van der Waals surface area contributed by atoms with E-state index >= 15 is 0 Å². The van der Waals surface area contributed by atoms with Gasteiger partial charge in [-0.3, -0.25) is 4.79 Å². The first-order chi connectivity index (χ1) is 13.0. The Bertz CT molecular complexity index is 986. The monoisotopic (exact) mass is 386 g/mol. The van der Waals surface area contributed by atoms with Gasteiger partial charge in [0, 0.05) is 17.5 Å². The minimum absolute atomic E-state index is 0.208. The molecule has 0 bridgehead atoms. The van der Waals surface area contributed by atoms with Crippen LogP contribution in [0, 0.1) is 18.6 Å². The van der Waals surface area contributed by atoms with E-state index in [1.54, 1.807) is 41.7 Å². The van der Waals surface area contributed by atoms with Gasteiger partial charge in [0.05, 0.1) is 16.4 Å². The third-order valence-corrected chi connectivity index (χ3v) is 4.35. The van der Waals surface area contributed by atoms with Crippen molar-refractivity contribution < 1.29 is 18.3 Å². The maximum absolute atomic E-state index is 13.5. The second kappa shape index (κ2) is 8.55. The molecule has 138 valence electrons. The second-order valence-corrected chi connectivity index (χ2v) is 6.73. The molecule has 1 amide bonds. The van der Waals surface area contributed by atoms with Crippen LogP contribution in [-0.4, -0.2) is 10.9 Å². The molecule has 0 aliphatic heterocycles. The number of hydrogen-bond acceptors (Lipinski definition) is 4. The van der Waals surface area contributed by atoms with Crippen LogP contribution >= 0.6 is 11.3 Å². The fourth-order valence-electron chi connectivity index (χ4n) is 2.28. The average Bonchev–Trinajstić information content (AvgIpc) is 3.07. The lowest BCUT2D eigenvalue weighted by atomic mass is 10.2. The zero-order valence-electron chi connectivity index (χ0n) is 14.4. The zero-order chi connectivity index (χ0) is 19.2. The molecule has 0 unspecified atom stereocenters. The van der Waals surface area contributed by atoms with Crippen LogP contribution in [0.1, 0.15) is 16.3 Å². The van der Waals surface area contributed by atoms with Crippen molar-refractivity contribution in [2.75, 3.05) is 5.32 Å². The normalized spacial score (nSPS) is 10.9. The number of carbonyl (C=O) groups excluding carboxylic acids is 1. The van der Waals surface area contributed by atoms with E-state index in [0.29, 0.717) is 12.4 Å². The van der Waals surface area contributed by atoms with Gasteiger partial charge < -0.3 is 10.1 Å². The van der Waals surface area contributed by atoms with E-state index in [9.17, 15) is 13.6 Å². The van der Waals surface area contributed by atoms with Gasteiger partial charge in [-0.05, 0) is 42.8 Å². The van der Waals surface area contributed by atoms with Gasteiger partial charge in [-0.25, -0.2) is 13.8 Å². The van der Waals surface area contributed by atoms with Gasteiger partial charge in [-0.15, -0.1) is 11.3 Å². The first-order valence-electron chi connectivity index (χ1n) is 8.07. The zero-order valence-corrected chi connectivity index (χ0v) is 15.2. The fraction of sp³-hybridized carbons (Fsp3) is 0.100. The number of benzene rings is 2. The van der Waals surface area contributed by atoms with Crippen molar-refractivity contribution >= 4 is 29.0 Å². The quantitative estimate of drug-likeness (QED) is 0.609. The van der Waals surface area contributed by atoms with Gasteiger partial charge in [-0.2, -0.15) is 0 Å². The lowest BCUT2D eigenvalue weighted by molar-refractivity contribution is -0.111. The van der Waals surface area contributed by atoms with Crippen LogP contribution in [0.4, 0.5) is 14.5 Å². The minimum atomic E-state index is -0.703. The number of anilines is 1. The molecule has 3 aromatic rings. The van der Waals surface area contributed by atoms with Crippen molar-refractivity contribution in [3.05, 3.63) is 81.8 Å². The molecule has 2 aromatic carbocycles. The Balaban J connectivity index is 1.61. The molecule has 1 aromatic heterocycles. The van der Waals surface area contributed by atoms with Crippen molar-refractivity contribution in [3.63, 3.8) is 0 Å². The predicted molar refractivity (Wildman–Crippen MR) is 102 cm³/mol. The highest BCUT2D eigenvalue weighted by Gasteiger charge is 2.06. The summed E-state index contributed by atoms with van der Waals surface area (Å²) < 4.78 is 32.4. The Labute approximate surface area is 159 Å². The molecule has 27 heavy (non-hydrogen) atoms. The number of carbonyl (C=O) groups is 1. The Morgan fingerprint density at radius 2 is 2.11 bits per heavy atom. The molecular weight excluding hydrogens is 370 g/mol. The lowest BCUT2D eigenvalue weighted by Crippen LogP contribution is -2.09. The molecule has 0 radical (unpaired) electrons. The summed E-state index contributed by atoms with van der Waals surface area (Å²) in [7, 11) is 0. The van der Waals surface area contributed by atoms with Crippen LogP contribution < -0.4 is 10.1 Å². The van der Waals surface area contributed by atoms with Crippen molar-refractivity contribution in [2.45, 2.75) is 13.5 Å². The van der Waals surface area contributed by atoms with Gasteiger partial charge in [0.15, 0.2) is 0 Å². The molecule has 0 spiro atoms. The number of rotatable bonds is 6. The minimum Gasteiger partial charge on any atom is -0.487 e. The van der Waals surface area contributed by atoms with Crippen LogP contribution in [0.25, 0.3) is 6.08 Å². The van der Waals surface area contributed by atoms with Gasteiger partial charge >= 0.3 is 0 Å². The number of hydrogen-bond donors (Lipinski definition) is 1. The van der Waals surface area contributed by atoms with E-state index in [0.717, 1.165) is 34.5 Å². The summed E-state index contributed by atoms with van der Waals surface area (Å²) in [5.41, 5.74) is 1.38. The molecule has 0 atom stereocenters. The van der Waals surface area contributed by atoms with Crippen LogP contribution in [0.2, 0.25) is 0 Å². The summed E-state index contributed by atoms with van der Waals surface area (Å²) in [4.78, 5) is 16.3. The maximum Gasteiger partial charge on any atom is 0.248 e. The fourth-order valence-corrected chi connectivity index (χ4v) is 2.88. The molecule has 3 rings (SSSR count). The molecule has 4 nitrogen and oxygen atoms in total. The first-order valence-corrected chi connectivity index (χ1v) is 8.95. The number of amides is 1. The smallest absolute Gasteiger partial charge is 0.248 e. The van der Waals surface area contributed by atoms with E-state index in [1.165, 1.54) is 6.08 Å². The predicted octanol–water partition coefficient (Wildman–Crippen LogP) is 4.96. The molecule has 0 aliphatic rings. The van der Waals surface area contributed by atoms with Gasteiger partial charge in [0.25, 0.3) is 0 Å². The summed E-state index contributed by atoms with van der Waals surface area (Å²) in [5.74, 6) is -1.26. The number of ether oxygens (including phenoxy) is 1. The summed E-state index contributed by atoms with van der Waals surface area (Å²) in [5, 5.41) is 5.22. The van der Waals surface area contributed by atoms with Gasteiger partial charge in [-0.1, -0.05) is 12.1 Å². The Morgan fingerprint density at radius 3 is 2.89 bits per heavy atom. The summed E-state index contributed by atoms with van der Waals surface area (Å²) in [6, 6.07) is 10.0. The molecule has 7 heteroatoms. The third kappa shape index (κ3) is 5.46. The number of nitrogens with zero attached hydrogens (tertiary/aromatic N) is 1. The van der Waals surface area contributed by atoms with E-state index in [1.807, 2.05) is 12.3 Å². The largest absolute Gasteiger partial charge is 0.487 e. The van der Waals surface area contributed by atoms with Crippen molar-refractivity contribution in [1.29, 1.82) is 0 Å². The highest BCUT2D eigenvalue weighted by Crippen LogP contribution is 2.18. The summed E-state index contributed by atoms with van der Waals surface area (Å²) in [6.45, 7) is 2.29. The summed E-state index contributed by atoms with van der Waals surface area (Å²) in [6.07, 6.45) is 2.81. The van der Waals surface area contributed by atoms with E-state index in [2.05, 4.69) is 10.3 Å². The van der Waals surface area contributed by atoms with Crippen molar-refractivity contribution in [2.24, 2.45) is 0 Å². The summed E-state index contributed by atoms with van der Waals surface area (Å²) >= 11 is 1.56. The van der Waals surface area contributed by atoms with E-state index in [-0.39, 0.29) is 5.69 Å². The Morgan fingerprint density at radius 1 is 1.26 bits per heavy atom. The molecule has 0 aliphatic carbocycles. The van der Waals surface area contributed by atoms with Crippen molar-refractivity contribution in [1.82, 2.24) is 4.98 Å². The SMILES string of the molecule is Cc1nc(COc2cccc(/C=C/C(=O)Nc3cc(F)ccc3F)c2)cs1. The first kappa shape index (κ1) is 18.7. The topological polar surface area (TPSA) is 51.2 Å². The number of halogens is 2. The number of aromatic nitrogens is 1. The number of aryl methyl sites for hydroxylation is 1. The average molecular weight is 386 g/mol. The molecule has 1 N–H and O–H groups in total. The van der Waals surface area contributed by atoms with Crippen LogP contribution in [0.5, 0.6) is 5.75 Å². The molecular formula is C20H16F2N2O2S.